The molecular weight excluding hydrogens is 222 g/mol. The fraction of sp³-hybridized carbons (Fsp3) is 0.125. The average Bonchev–Trinajstić information content (AvgIpc) is 2.15. The van der Waals surface area contributed by atoms with E-state index in [0.717, 1.165) is 0 Å². The Morgan fingerprint density at radius 3 is 2.87 bits per heavy atom. The van der Waals surface area contributed by atoms with Gasteiger partial charge in [0, 0.05) is 6.20 Å². The number of hydrogen-bond donors (Lipinski definition) is 3. The van der Waals surface area contributed by atoms with Crippen LogP contribution in [0.2, 0.25) is 5.02 Å². The second-order valence-corrected chi connectivity index (χ2v) is 2.98. The molecule has 0 aliphatic rings. The van der Waals surface area contributed by atoms with Crippen molar-refractivity contribution >= 4 is 29.3 Å². The van der Waals surface area contributed by atoms with Crippen LogP contribution >= 0.6 is 11.6 Å². The number of carboxylic acids is 1. The summed E-state index contributed by atoms with van der Waals surface area (Å²) in [6.45, 7) is 0. The summed E-state index contributed by atoms with van der Waals surface area (Å²) in [5, 5.41) is 8.63. The summed E-state index contributed by atoms with van der Waals surface area (Å²) in [5.41, 5.74) is 4.57. The van der Waals surface area contributed by atoms with Crippen LogP contribution in [0.25, 0.3) is 0 Å². The van der Waals surface area contributed by atoms with Gasteiger partial charge in [-0.05, 0) is 12.1 Å². The van der Waals surface area contributed by atoms with Crippen molar-refractivity contribution in [2.75, 3.05) is 5.43 Å². The molecule has 1 aromatic rings. The number of hydrazine groups is 1. The Labute approximate surface area is 90.2 Å². The van der Waals surface area contributed by atoms with Gasteiger partial charge in [0.25, 0.3) is 0 Å². The molecule has 80 valence electrons. The van der Waals surface area contributed by atoms with Gasteiger partial charge in [-0.2, -0.15) is 0 Å². The lowest BCUT2D eigenvalue weighted by atomic mass is 10.4. The zero-order valence-electron chi connectivity index (χ0n) is 7.53. The second-order valence-electron chi connectivity index (χ2n) is 2.58. The summed E-state index contributed by atoms with van der Waals surface area (Å²) in [6.07, 6.45) is 0.870. The van der Waals surface area contributed by atoms with E-state index in [1.807, 2.05) is 0 Å². The normalized spacial score (nSPS) is 9.40. The Morgan fingerprint density at radius 2 is 2.27 bits per heavy atom. The number of pyridine rings is 1. The Bertz CT molecular complexity index is 383. The van der Waals surface area contributed by atoms with E-state index in [9.17, 15) is 9.59 Å². The third-order valence-electron chi connectivity index (χ3n) is 1.39. The van der Waals surface area contributed by atoms with Crippen LogP contribution in [0.5, 0.6) is 0 Å². The predicted octanol–water partition coefficient (Wildman–Crippen LogP) is 0.653. The number of aliphatic carboxylic acids is 1. The molecule has 0 unspecified atom stereocenters. The number of aromatic nitrogens is 1. The van der Waals surface area contributed by atoms with Gasteiger partial charge in [0.2, 0.25) is 5.91 Å². The molecule has 0 saturated carbocycles. The van der Waals surface area contributed by atoms with E-state index in [1.165, 1.54) is 6.20 Å². The van der Waals surface area contributed by atoms with Crippen molar-refractivity contribution in [1.29, 1.82) is 0 Å². The standard InChI is InChI=1S/C8H8ClN3O3/c9-5-2-1-3-10-8(5)12-11-6(13)4-7(14)15/h1-3H,4H2,(H,10,12)(H,11,13)(H,14,15). The lowest BCUT2D eigenvalue weighted by Crippen LogP contribution is -2.31. The molecule has 7 heteroatoms. The lowest BCUT2D eigenvalue weighted by molar-refractivity contribution is -0.140. The van der Waals surface area contributed by atoms with E-state index in [1.54, 1.807) is 12.1 Å². The van der Waals surface area contributed by atoms with E-state index in [0.29, 0.717) is 5.02 Å². The molecular formula is C8H8ClN3O3. The number of rotatable bonds is 4. The van der Waals surface area contributed by atoms with Crippen LogP contribution in [-0.2, 0) is 9.59 Å². The van der Waals surface area contributed by atoms with Gasteiger partial charge in [0.1, 0.15) is 6.42 Å². The quantitative estimate of drug-likeness (QED) is 0.521. The van der Waals surface area contributed by atoms with Crippen LogP contribution in [0, 0.1) is 0 Å². The minimum atomic E-state index is -1.21. The topological polar surface area (TPSA) is 91.3 Å². The first-order valence-electron chi connectivity index (χ1n) is 3.97. The fourth-order valence-corrected chi connectivity index (χ4v) is 0.957. The number of amides is 1. The van der Waals surface area contributed by atoms with E-state index in [2.05, 4.69) is 15.8 Å². The molecule has 1 aromatic heterocycles. The van der Waals surface area contributed by atoms with Crippen molar-refractivity contribution in [3.05, 3.63) is 23.4 Å². The molecule has 1 heterocycles. The number of anilines is 1. The first-order chi connectivity index (χ1) is 7.09. The van der Waals surface area contributed by atoms with Gasteiger partial charge < -0.3 is 5.11 Å². The summed E-state index contributed by atoms with van der Waals surface area (Å²) in [5.74, 6) is -1.62. The third kappa shape index (κ3) is 3.82. The summed E-state index contributed by atoms with van der Waals surface area (Å²) in [6, 6.07) is 3.22. The van der Waals surface area contributed by atoms with Crippen LogP contribution in [-0.4, -0.2) is 22.0 Å². The lowest BCUT2D eigenvalue weighted by Gasteiger charge is -2.07. The maximum atomic E-state index is 10.9. The maximum Gasteiger partial charge on any atom is 0.312 e. The van der Waals surface area contributed by atoms with Gasteiger partial charge in [-0.3, -0.25) is 20.4 Å². The third-order valence-corrected chi connectivity index (χ3v) is 1.70. The van der Waals surface area contributed by atoms with E-state index in [4.69, 9.17) is 16.7 Å². The van der Waals surface area contributed by atoms with Gasteiger partial charge in [-0.1, -0.05) is 11.6 Å². The number of carbonyl (C=O) groups is 2. The monoisotopic (exact) mass is 229 g/mol. The highest BCUT2D eigenvalue weighted by molar-refractivity contribution is 6.32. The zero-order chi connectivity index (χ0) is 11.3. The predicted molar refractivity (Wildman–Crippen MR) is 53.3 cm³/mol. The molecule has 0 bridgehead atoms. The molecule has 6 nitrogen and oxygen atoms in total. The largest absolute Gasteiger partial charge is 0.481 e. The van der Waals surface area contributed by atoms with Crippen molar-refractivity contribution in [1.82, 2.24) is 10.4 Å². The van der Waals surface area contributed by atoms with Crippen molar-refractivity contribution in [2.24, 2.45) is 0 Å². The molecule has 3 N–H and O–H groups in total. The molecule has 15 heavy (non-hydrogen) atoms. The van der Waals surface area contributed by atoms with Gasteiger partial charge in [-0.15, -0.1) is 0 Å². The zero-order valence-corrected chi connectivity index (χ0v) is 8.28. The Hall–Kier alpha value is -1.82. The fourth-order valence-electron chi connectivity index (χ4n) is 0.788. The van der Waals surface area contributed by atoms with Gasteiger partial charge in [0.15, 0.2) is 5.82 Å². The number of nitrogens with one attached hydrogen (secondary N) is 2. The molecule has 0 aliphatic carbocycles. The molecule has 0 aliphatic heterocycles. The number of nitrogens with zero attached hydrogens (tertiary/aromatic N) is 1. The van der Waals surface area contributed by atoms with Crippen molar-refractivity contribution < 1.29 is 14.7 Å². The van der Waals surface area contributed by atoms with Crippen LogP contribution in [0.3, 0.4) is 0 Å². The minimum Gasteiger partial charge on any atom is -0.481 e. The van der Waals surface area contributed by atoms with E-state index < -0.39 is 18.3 Å². The first-order valence-corrected chi connectivity index (χ1v) is 4.34. The average molecular weight is 230 g/mol. The molecule has 0 radical (unpaired) electrons. The Kier molecular flexibility index (Phi) is 3.87. The van der Waals surface area contributed by atoms with Crippen LogP contribution in [0.1, 0.15) is 6.42 Å². The smallest absolute Gasteiger partial charge is 0.312 e. The van der Waals surface area contributed by atoms with Crippen molar-refractivity contribution in [2.45, 2.75) is 6.42 Å². The van der Waals surface area contributed by atoms with Gasteiger partial charge in [0.05, 0.1) is 5.02 Å². The summed E-state index contributed by atoms with van der Waals surface area (Å²) in [7, 11) is 0. The van der Waals surface area contributed by atoms with Crippen LogP contribution in [0.4, 0.5) is 5.82 Å². The molecule has 0 fully saturated rings. The molecule has 0 spiro atoms. The van der Waals surface area contributed by atoms with Gasteiger partial charge >= 0.3 is 5.97 Å². The van der Waals surface area contributed by atoms with Crippen LogP contribution < -0.4 is 10.9 Å². The number of carboxylic acid groups (broad SMARTS) is 1. The first kappa shape index (κ1) is 11.3. The summed E-state index contributed by atoms with van der Waals surface area (Å²) < 4.78 is 0. The second kappa shape index (κ2) is 5.16. The maximum absolute atomic E-state index is 10.9. The highest BCUT2D eigenvalue weighted by atomic mass is 35.5. The van der Waals surface area contributed by atoms with Crippen molar-refractivity contribution in [3.8, 4) is 0 Å². The molecule has 1 amide bonds. The van der Waals surface area contributed by atoms with Crippen LogP contribution in [0.15, 0.2) is 18.3 Å². The SMILES string of the molecule is O=C(O)CC(=O)NNc1ncccc1Cl. The molecule has 0 aromatic carbocycles. The molecule has 1 rings (SSSR count). The summed E-state index contributed by atoms with van der Waals surface area (Å²) in [4.78, 5) is 24.9. The van der Waals surface area contributed by atoms with Crippen molar-refractivity contribution in [3.63, 3.8) is 0 Å². The number of hydrogen-bond acceptors (Lipinski definition) is 4. The minimum absolute atomic E-state index is 0.262. The van der Waals surface area contributed by atoms with Gasteiger partial charge in [-0.25, -0.2) is 4.98 Å². The number of carbonyl (C=O) groups excluding carboxylic acids is 1. The number of halogens is 1. The van der Waals surface area contributed by atoms with E-state index in [-0.39, 0.29) is 5.82 Å². The molecule has 0 atom stereocenters. The summed E-state index contributed by atoms with van der Waals surface area (Å²) >= 11 is 5.72. The Balaban J connectivity index is 2.47. The van der Waals surface area contributed by atoms with E-state index >= 15 is 0 Å². The highest BCUT2D eigenvalue weighted by Gasteiger charge is 2.07. The Morgan fingerprint density at radius 1 is 1.53 bits per heavy atom. The molecule has 0 saturated heterocycles. The highest BCUT2D eigenvalue weighted by Crippen LogP contribution is 2.15.